The number of H-pyrrole nitrogens is 1. The van der Waals surface area contributed by atoms with Gasteiger partial charge in [0.1, 0.15) is 18.0 Å². The number of anilines is 1. The molecule has 160 valence electrons. The molecule has 6 nitrogen and oxygen atoms in total. The predicted octanol–water partition coefficient (Wildman–Crippen LogP) is 4.98. The van der Waals surface area contributed by atoms with E-state index in [-0.39, 0.29) is 11.2 Å². The summed E-state index contributed by atoms with van der Waals surface area (Å²) in [6, 6.07) is 9.72. The van der Waals surface area contributed by atoms with Gasteiger partial charge in [0.25, 0.3) is 0 Å². The number of benzene rings is 1. The smallest absolute Gasteiger partial charge is 0.232 e. The van der Waals surface area contributed by atoms with Crippen LogP contribution in [0.4, 0.5) is 5.69 Å². The van der Waals surface area contributed by atoms with Crippen LogP contribution in [-0.4, -0.2) is 23.1 Å². The summed E-state index contributed by atoms with van der Waals surface area (Å²) in [6.45, 7) is 4.51. The van der Waals surface area contributed by atoms with Crippen LogP contribution in [-0.2, 0) is 6.61 Å². The molecular weight excluding hydrogens is 390 g/mol. The topological polar surface area (TPSA) is 76.2 Å². The minimum atomic E-state index is -0.172. The first-order valence-corrected chi connectivity index (χ1v) is 10.4. The minimum absolute atomic E-state index is 0.172. The SMILES string of the molecule is C/C=C\C1=C(C)CC(Nc2cnc3[nH]cc(OCc4ccc(OC)cc4)c(=O)c3c2)C1. The summed E-state index contributed by atoms with van der Waals surface area (Å²) in [4.78, 5) is 20.5. The number of aromatic amines is 1. The fourth-order valence-electron chi connectivity index (χ4n) is 3.92. The van der Waals surface area contributed by atoms with Crippen molar-refractivity contribution in [3.8, 4) is 11.5 Å². The third-order valence-electron chi connectivity index (χ3n) is 5.56. The molecule has 0 radical (unpaired) electrons. The molecule has 0 saturated heterocycles. The van der Waals surface area contributed by atoms with Gasteiger partial charge >= 0.3 is 0 Å². The van der Waals surface area contributed by atoms with Crippen LogP contribution in [0.1, 0.15) is 32.3 Å². The number of nitrogens with one attached hydrogen (secondary N) is 2. The van der Waals surface area contributed by atoms with E-state index in [1.54, 1.807) is 19.5 Å². The lowest BCUT2D eigenvalue weighted by Crippen LogP contribution is -2.17. The number of fused-ring (bicyclic) bond motifs is 1. The van der Waals surface area contributed by atoms with Crippen molar-refractivity contribution in [2.24, 2.45) is 0 Å². The molecule has 3 aromatic rings. The fraction of sp³-hybridized carbons (Fsp3) is 0.280. The highest BCUT2D eigenvalue weighted by atomic mass is 16.5. The zero-order chi connectivity index (χ0) is 21.8. The second-order valence-corrected chi connectivity index (χ2v) is 7.79. The summed E-state index contributed by atoms with van der Waals surface area (Å²) in [6.07, 6.45) is 9.54. The Morgan fingerprint density at radius 2 is 2.06 bits per heavy atom. The van der Waals surface area contributed by atoms with Crippen LogP contribution in [0.15, 0.2) is 70.8 Å². The van der Waals surface area contributed by atoms with E-state index in [9.17, 15) is 4.79 Å². The maximum atomic E-state index is 13.0. The molecule has 0 spiro atoms. The first kappa shape index (κ1) is 20.7. The molecular formula is C25H27N3O3. The van der Waals surface area contributed by atoms with E-state index in [1.165, 1.54) is 11.1 Å². The van der Waals surface area contributed by atoms with Crippen molar-refractivity contribution in [3.63, 3.8) is 0 Å². The number of ether oxygens (including phenoxy) is 2. The van der Waals surface area contributed by atoms with Crippen molar-refractivity contribution in [2.75, 3.05) is 12.4 Å². The highest BCUT2D eigenvalue weighted by Crippen LogP contribution is 2.29. The summed E-state index contributed by atoms with van der Waals surface area (Å²) in [5, 5.41) is 4.03. The lowest BCUT2D eigenvalue weighted by atomic mass is 10.1. The standard InChI is InChI=1S/C25H27N3O3/c1-4-5-18-11-19(10-16(18)2)28-20-12-22-24(29)23(14-27-25(22)26-13-20)31-15-17-6-8-21(30-3)9-7-17/h4-9,12-14,19,28H,10-11,15H2,1-3H3,(H,26,27,29)/b5-4-. The number of hydrogen-bond acceptors (Lipinski definition) is 5. The molecule has 0 saturated carbocycles. The van der Waals surface area contributed by atoms with Crippen LogP contribution in [0.2, 0.25) is 0 Å². The molecule has 2 N–H and O–H groups in total. The number of nitrogens with zero attached hydrogens (tertiary/aromatic N) is 1. The highest BCUT2D eigenvalue weighted by Gasteiger charge is 2.20. The maximum absolute atomic E-state index is 13.0. The van der Waals surface area contributed by atoms with Gasteiger partial charge in [-0.1, -0.05) is 29.9 Å². The summed E-state index contributed by atoms with van der Waals surface area (Å²) < 4.78 is 11.0. The number of rotatable bonds is 7. The number of aromatic nitrogens is 2. The van der Waals surface area contributed by atoms with Crippen molar-refractivity contribution in [2.45, 2.75) is 39.3 Å². The molecule has 1 unspecified atom stereocenters. The Bertz CT molecular complexity index is 1190. The molecule has 31 heavy (non-hydrogen) atoms. The maximum Gasteiger partial charge on any atom is 0.232 e. The lowest BCUT2D eigenvalue weighted by Gasteiger charge is -2.14. The average molecular weight is 418 g/mol. The van der Waals surface area contributed by atoms with Gasteiger partial charge in [-0.25, -0.2) is 4.98 Å². The van der Waals surface area contributed by atoms with Gasteiger partial charge in [0.15, 0.2) is 5.75 Å². The molecule has 0 fully saturated rings. The zero-order valence-electron chi connectivity index (χ0n) is 18.1. The van der Waals surface area contributed by atoms with Crippen LogP contribution >= 0.6 is 0 Å². The van der Waals surface area contributed by atoms with Crippen LogP contribution < -0.4 is 20.2 Å². The van der Waals surface area contributed by atoms with E-state index < -0.39 is 0 Å². The van der Waals surface area contributed by atoms with Gasteiger partial charge in [-0.15, -0.1) is 0 Å². The highest BCUT2D eigenvalue weighted by molar-refractivity contribution is 5.79. The van der Waals surface area contributed by atoms with Crippen molar-refractivity contribution < 1.29 is 9.47 Å². The monoisotopic (exact) mass is 417 g/mol. The Morgan fingerprint density at radius 3 is 2.81 bits per heavy atom. The Kier molecular flexibility index (Phi) is 6.07. The number of hydrogen-bond donors (Lipinski definition) is 2. The molecule has 2 aromatic heterocycles. The third-order valence-corrected chi connectivity index (χ3v) is 5.56. The van der Waals surface area contributed by atoms with Crippen LogP contribution in [0, 0.1) is 0 Å². The van der Waals surface area contributed by atoms with E-state index >= 15 is 0 Å². The van der Waals surface area contributed by atoms with E-state index in [0.29, 0.717) is 23.7 Å². The summed E-state index contributed by atoms with van der Waals surface area (Å²) >= 11 is 0. The van der Waals surface area contributed by atoms with Gasteiger partial charge in [-0.3, -0.25) is 4.79 Å². The van der Waals surface area contributed by atoms with Crippen molar-refractivity contribution in [1.29, 1.82) is 0 Å². The first-order valence-electron chi connectivity index (χ1n) is 10.4. The summed E-state index contributed by atoms with van der Waals surface area (Å²) in [7, 11) is 1.63. The summed E-state index contributed by atoms with van der Waals surface area (Å²) in [5.41, 5.74) is 4.94. The molecule has 0 amide bonds. The number of methoxy groups -OCH3 is 1. The van der Waals surface area contributed by atoms with E-state index in [4.69, 9.17) is 9.47 Å². The van der Waals surface area contributed by atoms with Crippen molar-refractivity contribution >= 4 is 16.7 Å². The van der Waals surface area contributed by atoms with Gasteiger partial charge in [-0.2, -0.15) is 0 Å². The predicted molar refractivity (Wildman–Crippen MR) is 124 cm³/mol. The second-order valence-electron chi connectivity index (χ2n) is 7.79. The zero-order valence-corrected chi connectivity index (χ0v) is 18.1. The van der Waals surface area contributed by atoms with Gasteiger partial charge in [0.05, 0.1) is 24.4 Å². The number of allylic oxidation sites excluding steroid dienone is 2. The van der Waals surface area contributed by atoms with E-state index in [2.05, 4.69) is 34.4 Å². The van der Waals surface area contributed by atoms with E-state index in [1.807, 2.05) is 37.3 Å². The molecule has 0 aliphatic heterocycles. The largest absolute Gasteiger partial charge is 0.497 e. The lowest BCUT2D eigenvalue weighted by molar-refractivity contribution is 0.302. The Hall–Kier alpha value is -3.54. The Balaban J connectivity index is 1.49. The number of pyridine rings is 2. The Morgan fingerprint density at radius 1 is 1.26 bits per heavy atom. The van der Waals surface area contributed by atoms with E-state index in [0.717, 1.165) is 29.8 Å². The van der Waals surface area contributed by atoms with Gasteiger partial charge in [-0.05, 0) is 56.0 Å². The van der Waals surface area contributed by atoms with Crippen molar-refractivity contribution in [3.05, 3.63) is 81.8 Å². The molecule has 1 atom stereocenters. The fourth-order valence-corrected chi connectivity index (χ4v) is 3.92. The van der Waals surface area contributed by atoms with Crippen LogP contribution in [0.5, 0.6) is 11.5 Å². The van der Waals surface area contributed by atoms with Gasteiger partial charge < -0.3 is 19.8 Å². The van der Waals surface area contributed by atoms with Gasteiger partial charge in [0, 0.05) is 12.2 Å². The molecule has 6 heteroatoms. The van der Waals surface area contributed by atoms with Crippen LogP contribution in [0.25, 0.3) is 11.0 Å². The molecule has 4 rings (SSSR count). The first-order chi connectivity index (χ1) is 15.1. The van der Waals surface area contributed by atoms with Gasteiger partial charge in [0.2, 0.25) is 5.43 Å². The second kappa shape index (κ2) is 9.08. The molecule has 1 aliphatic rings. The average Bonchev–Trinajstić information content (AvgIpc) is 3.13. The Labute approximate surface area is 181 Å². The molecule has 1 aromatic carbocycles. The normalized spacial score (nSPS) is 16.3. The van der Waals surface area contributed by atoms with Crippen molar-refractivity contribution in [1.82, 2.24) is 9.97 Å². The molecule has 2 heterocycles. The minimum Gasteiger partial charge on any atom is -0.497 e. The quantitative estimate of drug-likeness (QED) is 0.567. The van der Waals surface area contributed by atoms with Crippen LogP contribution in [0.3, 0.4) is 0 Å². The summed E-state index contributed by atoms with van der Waals surface area (Å²) in [5.74, 6) is 1.06. The molecule has 0 bridgehead atoms. The molecule has 1 aliphatic carbocycles. The third kappa shape index (κ3) is 4.63.